The van der Waals surface area contributed by atoms with Crippen LogP contribution in [0.2, 0.25) is 0 Å². The number of carbonyl (C=O) groups excluding carboxylic acids is 1. The van der Waals surface area contributed by atoms with Gasteiger partial charge in [0.1, 0.15) is 13.2 Å². The molecule has 3 atom stereocenters. The molecular formula is C45H92N2O6P+. The van der Waals surface area contributed by atoms with E-state index in [1.54, 1.807) is 0 Å². The Bertz CT molecular complexity index is 896. The number of amides is 1. The van der Waals surface area contributed by atoms with Crippen molar-refractivity contribution in [2.45, 2.75) is 231 Å². The number of phosphoric ester groups is 1. The highest BCUT2D eigenvalue weighted by atomic mass is 31.2. The van der Waals surface area contributed by atoms with Crippen LogP contribution in [0.4, 0.5) is 0 Å². The summed E-state index contributed by atoms with van der Waals surface area (Å²) in [5.74, 6) is -0.148. The second-order valence-electron chi connectivity index (χ2n) is 17.1. The van der Waals surface area contributed by atoms with Crippen LogP contribution in [0, 0.1) is 0 Å². The number of aliphatic hydroxyl groups is 1. The van der Waals surface area contributed by atoms with Crippen LogP contribution >= 0.6 is 7.82 Å². The van der Waals surface area contributed by atoms with Crippen LogP contribution in [0.15, 0.2) is 12.2 Å². The van der Waals surface area contributed by atoms with Crippen LogP contribution < -0.4 is 5.32 Å². The number of hydrogen-bond donors (Lipinski definition) is 3. The van der Waals surface area contributed by atoms with Gasteiger partial charge in [-0.1, -0.05) is 187 Å². The number of likely N-dealkylation sites (N-methyl/N-ethyl adjacent to an activating group) is 1. The maximum atomic E-state index is 12.9. The van der Waals surface area contributed by atoms with E-state index in [2.05, 4.69) is 31.3 Å². The quantitative estimate of drug-likeness (QED) is 0.0246. The molecule has 8 nitrogen and oxygen atoms in total. The number of unbranched alkanes of at least 4 members (excludes halogenated alkanes) is 27. The molecule has 1 amide bonds. The molecule has 0 radical (unpaired) electrons. The molecule has 0 spiro atoms. The summed E-state index contributed by atoms with van der Waals surface area (Å²) in [6.07, 6.45) is 42.3. The fourth-order valence-electron chi connectivity index (χ4n) is 6.81. The van der Waals surface area contributed by atoms with Crippen molar-refractivity contribution in [3.63, 3.8) is 0 Å². The van der Waals surface area contributed by atoms with Gasteiger partial charge in [-0.2, -0.15) is 0 Å². The van der Waals surface area contributed by atoms with Gasteiger partial charge in [-0.3, -0.25) is 13.8 Å². The van der Waals surface area contributed by atoms with Gasteiger partial charge in [0.2, 0.25) is 5.91 Å². The van der Waals surface area contributed by atoms with E-state index in [9.17, 15) is 19.4 Å². The molecule has 0 rings (SSSR count). The number of phosphoric acid groups is 1. The summed E-state index contributed by atoms with van der Waals surface area (Å²) < 4.78 is 23.6. The largest absolute Gasteiger partial charge is 0.472 e. The highest BCUT2D eigenvalue weighted by Crippen LogP contribution is 2.43. The third-order valence-corrected chi connectivity index (χ3v) is 11.5. The van der Waals surface area contributed by atoms with Gasteiger partial charge in [0.05, 0.1) is 39.9 Å². The molecule has 0 aromatic heterocycles. The standard InChI is InChI=1S/C45H91N2O6P/c1-6-8-10-12-14-16-18-20-22-23-25-27-29-31-33-35-37-39-45(49)46-43(42-53-54(50,51)52-41-40-47(3,4)5)44(48)38-36-34-32-30-28-26-24-21-19-17-15-13-11-9-7-2/h20,22,43-44,48H,6-19,21,23-42H2,1-5H3,(H-,46,49,50,51)/p+1/b22-20-. The lowest BCUT2D eigenvalue weighted by molar-refractivity contribution is -0.870. The molecule has 322 valence electrons. The molecule has 0 aromatic rings. The molecule has 0 aliphatic heterocycles. The Morgan fingerprint density at radius 3 is 1.43 bits per heavy atom. The second kappa shape index (κ2) is 37.8. The average molecular weight is 788 g/mol. The Hall–Kier alpha value is -0.760. The van der Waals surface area contributed by atoms with E-state index in [0.29, 0.717) is 23.9 Å². The smallest absolute Gasteiger partial charge is 0.391 e. The molecule has 0 fully saturated rings. The summed E-state index contributed by atoms with van der Waals surface area (Å²) >= 11 is 0. The summed E-state index contributed by atoms with van der Waals surface area (Å²) in [4.78, 5) is 23.2. The van der Waals surface area contributed by atoms with E-state index < -0.39 is 20.0 Å². The van der Waals surface area contributed by atoms with Crippen LogP contribution in [0.25, 0.3) is 0 Å². The summed E-state index contributed by atoms with van der Waals surface area (Å²) in [6.45, 7) is 4.89. The zero-order valence-electron chi connectivity index (χ0n) is 36.5. The Labute approximate surface area is 335 Å². The number of aliphatic hydroxyl groups excluding tert-OH is 1. The second-order valence-corrected chi connectivity index (χ2v) is 18.6. The lowest BCUT2D eigenvalue weighted by Crippen LogP contribution is -2.46. The lowest BCUT2D eigenvalue weighted by Gasteiger charge is -2.26. The Morgan fingerprint density at radius 1 is 0.611 bits per heavy atom. The number of quaternary nitrogens is 1. The molecule has 54 heavy (non-hydrogen) atoms. The first-order chi connectivity index (χ1) is 26.0. The summed E-state index contributed by atoms with van der Waals surface area (Å²) in [7, 11) is 1.62. The number of rotatable bonds is 42. The molecule has 3 unspecified atom stereocenters. The number of nitrogens with zero attached hydrogens (tertiary/aromatic N) is 1. The fourth-order valence-corrected chi connectivity index (χ4v) is 7.54. The molecule has 9 heteroatoms. The highest BCUT2D eigenvalue weighted by Gasteiger charge is 2.28. The van der Waals surface area contributed by atoms with Gasteiger partial charge >= 0.3 is 7.82 Å². The zero-order chi connectivity index (χ0) is 40.0. The SMILES string of the molecule is CCCCCCCC/C=C\CCCCCCCCCC(=O)NC(COP(=O)(O)OCC[N+](C)(C)C)C(O)CCCCCCCCCCCCCCCCC. The van der Waals surface area contributed by atoms with Gasteiger partial charge in [-0.05, 0) is 38.5 Å². The van der Waals surface area contributed by atoms with Crippen LogP contribution in [0.1, 0.15) is 219 Å². The van der Waals surface area contributed by atoms with Gasteiger partial charge in [0.15, 0.2) is 0 Å². The Balaban J connectivity index is 4.34. The third-order valence-electron chi connectivity index (χ3n) is 10.5. The Morgan fingerprint density at radius 2 is 1.00 bits per heavy atom. The Kier molecular flexibility index (Phi) is 37.3. The molecule has 0 aliphatic carbocycles. The van der Waals surface area contributed by atoms with E-state index >= 15 is 0 Å². The van der Waals surface area contributed by atoms with Crippen molar-refractivity contribution in [3.8, 4) is 0 Å². The summed E-state index contributed by atoms with van der Waals surface area (Å²) in [5.41, 5.74) is 0. The highest BCUT2D eigenvalue weighted by molar-refractivity contribution is 7.47. The van der Waals surface area contributed by atoms with E-state index in [-0.39, 0.29) is 19.1 Å². The minimum Gasteiger partial charge on any atom is -0.391 e. The molecule has 3 N–H and O–H groups in total. The number of allylic oxidation sites excluding steroid dienone is 2. The topological polar surface area (TPSA) is 105 Å². The van der Waals surface area contributed by atoms with Crippen molar-refractivity contribution in [2.75, 3.05) is 40.9 Å². The predicted octanol–water partition coefficient (Wildman–Crippen LogP) is 12.8. The molecule has 0 saturated heterocycles. The number of nitrogens with one attached hydrogen (secondary N) is 1. The maximum Gasteiger partial charge on any atom is 0.472 e. The normalized spacial score (nSPS) is 14.4. The molecule has 0 saturated carbocycles. The lowest BCUT2D eigenvalue weighted by atomic mass is 10.0. The van der Waals surface area contributed by atoms with Crippen molar-refractivity contribution < 1.29 is 32.9 Å². The van der Waals surface area contributed by atoms with Crippen molar-refractivity contribution >= 4 is 13.7 Å². The summed E-state index contributed by atoms with van der Waals surface area (Å²) in [5, 5.41) is 14.0. The average Bonchev–Trinajstić information content (AvgIpc) is 3.12. The third kappa shape index (κ3) is 39.5. The minimum absolute atomic E-state index is 0.0757. The van der Waals surface area contributed by atoms with Crippen molar-refractivity contribution in [1.82, 2.24) is 5.32 Å². The maximum absolute atomic E-state index is 12.9. The van der Waals surface area contributed by atoms with Crippen LogP contribution in [0.5, 0.6) is 0 Å². The van der Waals surface area contributed by atoms with Gasteiger partial charge in [0.25, 0.3) is 0 Å². The molecule has 0 bridgehead atoms. The van der Waals surface area contributed by atoms with E-state index in [1.165, 1.54) is 154 Å². The van der Waals surface area contributed by atoms with Gasteiger partial charge in [-0.15, -0.1) is 0 Å². The van der Waals surface area contributed by atoms with Crippen LogP contribution in [-0.4, -0.2) is 73.4 Å². The first kappa shape index (κ1) is 53.2. The van der Waals surface area contributed by atoms with Crippen LogP contribution in [-0.2, 0) is 18.4 Å². The first-order valence-electron chi connectivity index (χ1n) is 23.1. The predicted molar refractivity (Wildman–Crippen MR) is 231 cm³/mol. The van der Waals surface area contributed by atoms with Gasteiger partial charge < -0.3 is 19.8 Å². The molecule has 0 heterocycles. The molecule has 0 aliphatic rings. The van der Waals surface area contributed by atoms with Crippen molar-refractivity contribution in [3.05, 3.63) is 12.2 Å². The van der Waals surface area contributed by atoms with Crippen molar-refractivity contribution in [1.29, 1.82) is 0 Å². The fraction of sp³-hybridized carbons (Fsp3) is 0.933. The van der Waals surface area contributed by atoms with Crippen LogP contribution in [0.3, 0.4) is 0 Å². The van der Waals surface area contributed by atoms with Gasteiger partial charge in [-0.25, -0.2) is 4.57 Å². The van der Waals surface area contributed by atoms with E-state index in [1.807, 2.05) is 21.1 Å². The van der Waals surface area contributed by atoms with Crippen molar-refractivity contribution in [2.24, 2.45) is 0 Å². The first-order valence-corrected chi connectivity index (χ1v) is 24.5. The zero-order valence-corrected chi connectivity index (χ0v) is 37.4. The monoisotopic (exact) mass is 788 g/mol. The van der Waals surface area contributed by atoms with E-state index in [0.717, 1.165) is 38.5 Å². The number of hydrogen-bond acceptors (Lipinski definition) is 5. The number of carbonyl (C=O) groups is 1. The molecule has 0 aromatic carbocycles. The van der Waals surface area contributed by atoms with E-state index in [4.69, 9.17) is 9.05 Å². The molecular weight excluding hydrogens is 695 g/mol. The minimum atomic E-state index is -4.31. The van der Waals surface area contributed by atoms with Gasteiger partial charge in [0, 0.05) is 6.42 Å². The summed E-state index contributed by atoms with van der Waals surface area (Å²) in [6, 6.07) is -0.758.